The quantitative estimate of drug-likeness (QED) is 0.148. The van der Waals surface area contributed by atoms with Gasteiger partial charge in [0, 0.05) is 35.6 Å². The average Bonchev–Trinajstić information content (AvgIpc) is 3.15. The summed E-state index contributed by atoms with van der Waals surface area (Å²) in [6.45, 7) is 0. The molecule has 1 aliphatic carbocycles. The van der Waals surface area contributed by atoms with Crippen molar-refractivity contribution in [3.63, 3.8) is 0 Å². The summed E-state index contributed by atoms with van der Waals surface area (Å²) < 4.78 is 2.26. The molecule has 4 rings (SSSR count). The second-order valence-electron chi connectivity index (χ2n) is 9.65. The van der Waals surface area contributed by atoms with Crippen molar-refractivity contribution in [2.75, 3.05) is 0 Å². The fourth-order valence-corrected chi connectivity index (χ4v) is 5.42. The number of hydrogen-bond acceptors (Lipinski definition) is 3. The Kier molecular flexibility index (Phi) is 8.04. The number of aromatic nitrogens is 1. The second-order valence-corrected chi connectivity index (χ2v) is 9.65. The first kappa shape index (κ1) is 24.1. The highest BCUT2D eigenvalue weighted by Gasteiger charge is 2.23. The van der Waals surface area contributed by atoms with Crippen LogP contribution in [0, 0.1) is 5.92 Å². The van der Waals surface area contributed by atoms with E-state index in [9.17, 15) is 15.1 Å². The molecule has 0 saturated heterocycles. The Morgan fingerprint density at radius 2 is 1.79 bits per heavy atom. The van der Waals surface area contributed by atoms with Crippen molar-refractivity contribution >= 4 is 22.6 Å². The van der Waals surface area contributed by atoms with E-state index in [4.69, 9.17) is 0 Å². The van der Waals surface area contributed by atoms with E-state index in [1.54, 1.807) is 0 Å². The maximum Gasteiger partial charge on any atom is 0.306 e. The first-order valence-corrected chi connectivity index (χ1v) is 12.7. The summed E-state index contributed by atoms with van der Waals surface area (Å²) in [6, 6.07) is 16.6. The molecule has 5 heteroatoms. The van der Waals surface area contributed by atoms with Crippen LogP contribution in [0.3, 0.4) is 0 Å². The van der Waals surface area contributed by atoms with E-state index in [0.717, 1.165) is 56.0 Å². The normalized spacial score (nSPS) is 14.8. The Bertz CT molecular complexity index is 1150. The highest BCUT2D eigenvalue weighted by molar-refractivity contribution is 6.04. The number of rotatable bonds is 11. The highest BCUT2D eigenvalue weighted by atomic mass is 16.4. The Balaban J connectivity index is 1.35. The summed E-state index contributed by atoms with van der Waals surface area (Å²) >= 11 is 0. The molecule has 0 saturated carbocycles. The van der Waals surface area contributed by atoms with Crippen molar-refractivity contribution in [3.05, 3.63) is 70.9 Å². The molecular weight excluding hydrogens is 424 g/mol. The molecule has 1 aliphatic rings. The third kappa shape index (κ3) is 5.52. The van der Waals surface area contributed by atoms with Crippen molar-refractivity contribution in [1.82, 2.24) is 4.57 Å². The van der Waals surface area contributed by atoms with Crippen molar-refractivity contribution in [3.8, 4) is 0 Å². The van der Waals surface area contributed by atoms with Crippen LogP contribution >= 0.6 is 0 Å². The van der Waals surface area contributed by atoms with Gasteiger partial charge in [0.2, 0.25) is 0 Å². The van der Waals surface area contributed by atoms with Gasteiger partial charge in [0.05, 0.1) is 11.6 Å². The van der Waals surface area contributed by atoms with E-state index in [1.165, 1.54) is 35.0 Å². The number of oxime groups is 1. The topological polar surface area (TPSA) is 74.8 Å². The van der Waals surface area contributed by atoms with E-state index >= 15 is 0 Å². The molecule has 0 unspecified atom stereocenters. The molecule has 1 atom stereocenters. The first-order chi connectivity index (χ1) is 16.6. The second kappa shape index (κ2) is 11.4. The molecule has 2 aromatic carbocycles. The van der Waals surface area contributed by atoms with Gasteiger partial charge in [-0.15, -0.1) is 0 Å². The van der Waals surface area contributed by atoms with Crippen LogP contribution in [-0.2, 0) is 31.1 Å². The van der Waals surface area contributed by atoms with Crippen LogP contribution in [0.1, 0.15) is 73.8 Å². The van der Waals surface area contributed by atoms with Gasteiger partial charge in [-0.2, -0.15) is 0 Å². The van der Waals surface area contributed by atoms with Gasteiger partial charge in [0.15, 0.2) is 0 Å². The van der Waals surface area contributed by atoms with Crippen molar-refractivity contribution in [2.45, 2.75) is 70.6 Å². The van der Waals surface area contributed by atoms with Gasteiger partial charge in [0.1, 0.15) is 0 Å². The van der Waals surface area contributed by atoms with Crippen LogP contribution in [0.4, 0.5) is 0 Å². The number of aryl methyl sites for hydroxylation is 3. The summed E-state index contributed by atoms with van der Waals surface area (Å²) in [6.07, 6.45) is 10.7. The average molecular weight is 461 g/mol. The molecule has 1 aromatic heterocycles. The summed E-state index contributed by atoms with van der Waals surface area (Å²) in [7, 11) is 2.10. The standard InChI is InChI=1S/C29H36N2O3/c1-31-27-16-10-9-15-24(27)25-18-17-22(20-28(25)31)26(30-34)19-23(29(32)33)14-8-3-2-5-11-21-12-6-4-7-13-21/h4,6-7,12-13,17-18,20,23,34H,2-3,5,8-11,14-16,19H2,1H3,(H,32,33)/t23-/m0/s1. The lowest BCUT2D eigenvalue weighted by molar-refractivity contribution is -0.141. The van der Waals surface area contributed by atoms with Crippen LogP contribution < -0.4 is 0 Å². The molecule has 2 N–H and O–H groups in total. The van der Waals surface area contributed by atoms with Gasteiger partial charge in [0.25, 0.3) is 0 Å². The summed E-state index contributed by atoms with van der Waals surface area (Å²) in [5, 5.41) is 24.4. The maximum atomic E-state index is 11.9. The molecular formula is C29H36N2O3. The van der Waals surface area contributed by atoms with Crippen molar-refractivity contribution in [2.24, 2.45) is 18.1 Å². The lowest BCUT2D eigenvalue weighted by Crippen LogP contribution is -2.19. The third-order valence-corrected chi connectivity index (χ3v) is 7.38. The summed E-state index contributed by atoms with van der Waals surface area (Å²) in [5.74, 6) is -1.36. The van der Waals surface area contributed by atoms with Crippen LogP contribution in [0.5, 0.6) is 0 Å². The zero-order valence-corrected chi connectivity index (χ0v) is 20.2. The number of benzene rings is 2. The smallest absolute Gasteiger partial charge is 0.306 e. The van der Waals surface area contributed by atoms with Gasteiger partial charge < -0.3 is 14.9 Å². The van der Waals surface area contributed by atoms with Gasteiger partial charge in [-0.25, -0.2) is 0 Å². The fourth-order valence-electron chi connectivity index (χ4n) is 5.42. The number of fused-ring (bicyclic) bond motifs is 3. The Morgan fingerprint density at radius 3 is 2.56 bits per heavy atom. The number of unbranched alkanes of at least 4 members (excludes halogenated alkanes) is 3. The lowest BCUT2D eigenvalue weighted by Gasteiger charge is -2.14. The van der Waals surface area contributed by atoms with Crippen molar-refractivity contribution < 1.29 is 15.1 Å². The SMILES string of the molecule is Cn1c2c(c3ccc(C(C[C@H](CCCCCCc4ccccc4)C(=O)O)=NO)cc31)CCCC2. The third-order valence-electron chi connectivity index (χ3n) is 7.38. The van der Waals surface area contributed by atoms with Crippen LogP contribution in [0.15, 0.2) is 53.7 Å². The van der Waals surface area contributed by atoms with Crippen LogP contribution in [-0.4, -0.2) is 26.6 Å². The van der Waals surface area contributed by atoms with Crippen LogP contribution in [0.25, 0.3) is 10.9 Å². The van der Waals surface area contributed by atoms with E-state index in [0.29, 0.717) is 12.1 Å². The number of carbonyl (C=O) groups is 1. The predicted octanol–water partition coefficient (Wildman–Crippen LogP) is 6.52. The first-order valence-electron chi connectivity index (χ1n) is 12.7. The van der Waals surface area contributed by atoms with Gasteiger partial charge in [-0.05, 0) is 62.1 Å². The van der Waals surface area contributed by atoms with E-state index in [2.05, 4.69) is 53.2 Å². The molecule has 0 amide bonds. The molecule has 3 aromatic rings. The monoisotopic (exact) mass is 460 g/mol. The summed E-state index contributed by atoms with van der Waals surface area (Å²) in [4.78, 5) is 11.9. The Morgan fingerprint density at radius 1 is 1.03 bits per heavy atom. The minimum Gasteiger partial charge on any atom is -0.481 e. The number of carboxylic acid groups (broad SMARTS) is 1. The van der Waals surface area contributed by atoms with Gasteiger partial charge in [-0.3, -0.25) is 4.79 Å². The van der Waals surface area contributed by atoms with Gasteiger partial charge >= 0.3 is 5.97 Å². The van der Waals surface area contributed by atoms with E-state index in [1.807, 2.05) is 12.1 Å². The fraction of sp³-hybridized carbons (Fsp3) is 0.448. The number of aliphatic carboxylic acids is 1. The zero-order chi connectivity index (χ0) is 23.9. The summed E-state index contributed by atoms with van der Waals surface area (Å²) in [5.41, 5.74) is 6.59. The molecule has 0 spiro atoms. The Hall–Kier alpha value is -3.08. The molecule has 0 bridgehead atoms. The van der Waals surface area contributed by atoms with E-state index in [-0.39, 0.29) is 6.42 Å². The van der Waals surface area contributed by atoms with Gasteiger partial charge in [-0.1, -0.05) is 66.9 Å². The predicted molar refractivity (Wildman–Crippen MR) is 137 cm³/mol. The van der Waals surface area contributed by atoms with E-state index < -0.39 is 11.9 Å². The largest absolute Gasteiger partial charge is 0.481 e. The highest BCUT2D eigenvalue weighted by Crippen LogP contribution is 2.32. The van der Waals surface area contributed by atoms with Crippen LogP contribution in [0.2, 0.25) is 0 Å². The molecule has 34 heavy (non-hydrogen) atoms. The Labute approximate surface area is 202 Å². The molecule has 0 fully saturated rings. The number of hydrogen-bond donors (Lipinski definition) is 2. The maximum absolute atomic E-state index is 11.9. The number of nitrogens with zero attached hydrogens (tertiary/aromatic N) is 2. The minimum absolute atomic E-state index is 0.242. The van der Waals surface area contributed by atoms with Crippen molar-refractivity contribution in [1.29, 1.82) is 0 Å². The molecule has 1 heterocycles. The number of carboxylic acids is 1. The minimum atomic E-state index is -0.819. The zero-order valence-electron chi connectivity index (χ0n) is 20.2. The lowest BCUT2D eigenvalue weighted by atomic mass is 9.91. The molecule has 0 aliphatic heterocycles. The molecule has 5 nitrogen and oxygen atoms in total. The molecule has 0 radical (unpaired) electrons. The molecule has 180 valence electrons.